The van der Waals surface area contributed by atoms with Crippen LogP contribution in [-0.4, -0.2) is 68.3 Å². The molecule has 5 nitrogen and oxygen atoms in total. The molecule has 1 saturated heterocycles. The molecule has 0 amide bonds. The standard InChI is InChI=1S/C16H24N4OS/c1-19(2)6-5-17-13-3-4-15-14(11-13)18-16(22-15)12-20-7-9-21-10-8-20/h3-4,11,17H,5-10,12H2,1-2H3. The lowest BCUT2D eigenvalue weighted by molar-refractivity contribution is 0.0342. The summed E-state index contributed by atoms with van der Waals surface area (Å²) in [5, 5.41) is 4.65. The van der Waals surface area contributed by atoms with E-state index in [1.807, 2.05) is 0 Å². The number of nitrogens with zero attached hydrogens (tertiary/aromatic N) is 3. The molecule has 1 N–H and O–H groups in total. The fraction of sp³-hybridized carbons (Fsp3) is 0.562. The topological polar surface area (TPSA) is 40.6 Å². The van der Waals surface area contributed by atoms with Crippen LogP contribution in [0.4, 0.5) is 5.69 Å². The first-order valence-corrected chi connectivity index (χ1v) is 8.60. The van der Waals surface area contributed by atoms with Gasteiger partial charge < -0.3 is 15.0 Å². The molecule has 1 aromatic heterocycles. The molecule has 1 aliphatic rings. The summed E-state index contributed by atoms with van der Waals surface area (Å²) in [5.74, 6) is 0. The van der Waals surface area contributed by atoms with Crippen molar-refractivity contribution in [3.63, 3.8) is 0 Å². The summed E-state index contributed by atoms with van der Waals surface area (Å²) < 4.78 is 6.66. The smallest absolute Gasteiger partial charge is 0.108 e. The Morgan fingerprint density at radius 2 is 2.14 bits per heavy atom. The predicted octanol–water partition coefficient (Wildman–Crippen LogP) is 2.10. The molecule has 2 aromatic rings. The Bertz CT molecular complexity index is 607. The first-order valence-electron chi connectivity index (χ1n) is 7.79. The second-order valence-electron chi connectivity index (χ2n) is 5.91. The van der Waals surface area contributed by atoms with Gasteiger partial charge in [0.25, 0.3) is 0 Å². The number of nitrogens with one attached hydrogen (secondary N) is 1. The number of hydrogen-bond donors (Lipinski definition) is 1. The van der Waals surface area contributed by atoms with Crippen LogP contribution < -0.4 is 5.32 Å². The molecule has 22 heavy (non-hydrogen) atoms. The molecular formula is C16H24N4OS. The summed E-state index contributed by atoms with van der Waals surface area (Å²) in [6.07, 6.45) is 0. The number of thiazole rings is 1. The summed E-state index contributed by atoms with van der Waals surface area (Å²) in [4.78, 5) is 9.39. The predicted molar refractivity (Wildman–Crippen MR) is 92.8 cm³/mol. The lowest BCUT2D eigenvalue weighted by Gasteiger charge is -2.25. The Kier molecular flexibility index (Phi) is 5.25. The van der Waals surface area contributed by atoms with Crippen molar-refractivity contribution >= 4 is 27.2 Å². The van der Waals surface area contributed by atoms with Crippen molar-refractivity contribution in [1.82, 2.24) is 14.8 Å². The largest absolute Gasteiger partial charge is 0.384 e. The molecule has 2 heterocycles. The van der Waals surface area contributed by atoms with E-state index in [1.54, 1.807) is 11.3 Å². The summed E-state index contributed by atoms with van der Waals surface area (Å²) in [6.45, 7) is 6.60. The molecule has 120 valence electrons. The van der Waals surface area contributed by atoms with Gasteiger partial charge in [0.1, 0.15) is 5.01 Å². The maximum Gasteiger partial charge on any atom is 0.108 e. The van der Waals surface area contributed by atoms with Gasteiger partial charge in [-0.25, -0.2) is 4.98 Å². The zero-order valence-electron chi connectivity index (χ0n) is 13.3. The molecule has 6 heteroatoms. The van der Waals surface area contributed by atoms with Crippen LogP contribution in [-0.2, 0) is 11.3 Å². The van der Waals surface area contributed by atoms with Gasteiger partial charge in [-0.1, -0.05) is 0 Å². The Labute approximate surface area is 135 Å². The quantitative estimate of drug-likeness (QED) is 0.883. The molecule has 1 aliphatic heterocycles. The van der Waals surface area contributed by atoms with E-state index in [2.05, 4.69) is 47.4 Å². The van der Waals surface area contributed by atoms with Gasteiger partial charge in [0.15, 0.2) is 0 Å². The van der Waals surface area contributed by atoms with E-state index in [9.17, 15) is 0 Å². The maximum absolute atomic E-state index is 5.40. The van der Waals surface area contributed by atoms with Gasteiger partial charge in [0.2, 0.25) is 0 Å². The van der Waals surface area contributed by atoms with E-state index in [4.69, 9.17) is 9.72 Å². The molecular weight excluding hydrogens is 296 g/mol. The number of aromatic nitrogens is 1. The van der Waals surface area contributed by atoms with Gasteiger partial charge in [-0.15, -0.1) is 11.3 Å². The third-order valence-corrected chi connectivity index (χ3v) is 4.80. The van der Waals surface area contributed by atoms with Gasteiger partial charge >= 0.3 is 0 Å². The maximum atomic E-state index is 5.40. The molecule has 0 unspecified atom stereocenters. The highest BCUT2D eigenvalue weighted by atomic mass is 32.1. The van der Waals surface area contributed by atoms with Crippen LogP contribution in [0.2, 0.25) is 0 Å². The number of anilines is 1. The highest BCUT2D eigenvalue weighted by Crippen LogP contribution is 2.26. The van der Waals surface area contributed by atoms with Crippen LogP contribution in [0.3, 0.4) is 0 Å². The van der Waals surface area contributed by atoms with E-state index in [0.717, 1.165) is 57.1 Å². The molecule has 3 rings (SSSR count). The van der Waals surface area contributed by atoms with Crippen LogP contribution in [0.25, 0.3) is 10.2 Å². The number of fused-ring (bicyclic) bond motifs is 1. The minimum atomic E-state index is 0.838. The summed E-state index contributed by atoms with van der Waals surface area (Å²) in [7, 11) is 4.17. The van der Waals surface area contributed by atoms with Crippen molar-refractivity contribution in [2.45, 2.75) is 6.54 Å². The lowest BCUT2D eigenvalue weighted by atomic mass is 10.3. The molecule has 0 aliphatic carbocycles. The average Bonchev–Trinajstić information content (AvgIpc) is 2.89. The molecule has 0 bridgehead atoms. The Hall–Kier alpha value is -1.21. The van der Waals surface area contributed by atoms with Gasteiger partial charge in [-0.3, -0.25) is 4.90 Å². The monoisotopic (exact) mass is 320 g/mol. The van der Waals surface area contributed by atoms with E-state index < -0.39 is 0 Å². The Morgan fingerprint density at radius 1 is 1.32 bits per heavy atom. The fourth-order valence-electron chi connectivity index (χ4n) is 2.53. The molecule has 0 spiro atoms. The second-order valence-corrected chi connectivity index (χ2v) is 7.02. The van der Waals surface area contributed by atoms with Crippen molar-refractivity contribution < 1.29 is 4.74 Å². The highest BCUT2D eigenvalue weighted by molar-refractivity contribution is 7.18. The Morgan fingerprint density at radius 3 is 2.91 bits per heavy atom. The van der Waals surface area contributed by atoms with Crippen LogP contribution in [0.15, 0.2) is 18.2 Å². The van der Waals surface area contributed by atoms with Crippen molar-refractivity contribution in [1.29, 1.82) is 0 Å². The zero-order valence-corrected chi connectivity index (χ0v) is 14.2. The van der Waals surface area contributed by atoms with Gasteiger partial charge in [-0.05, 0) is 32.3 Å². The van der Waals surface area contributed by atoms with Crippen molar-refractivity contribution in [3.05, 3.63) is 23.2 Å². The van der Waals surface area contributed by atoms with Crippen LogP contribution in [0.5, 0.6) is 0 Å². The summed E-state index contributed by atoms with van der Waals surface area (Å²) in [5.41, 5.74) is 2.25. The van der Waals surface area contributed by atoms with Crippen LogP contribution in [0, 0.1) is 0 Å². The Balaban J connectivity index is 1.64. The molecule has 0 atom stereocenters. The first-order chi connectivity index (χ1) is 10.7. The summed E-state index contributed by atoms with van der Waals surface area (Å²) in [6, 6.07) is 6.48. The zero-order chi connectivity index (χ0) is 15.4. The molecule has 0 saturated carbocycles. The average molecular weight is 320 g/mol. The van der Waals surface area contributed by atoms with Crippen molar-refractivity contribution in [2.75, 3.05) is 58.8 Å². The van der Waals surface area contributed by atoms with Crippen LogP contribution in [0.1, 0.15) is 5.01 Å². The molecule has 1 aromatic carbocycles. The third kappa shape index (κ3) is 4.16. The van der Waals surface area contributed by atoms with Gasteiger partial charge in [0, 0.05) is 31.9 Å². The fourth-order valence-corrected chi connectivity index (χ4v) is 3.52. The number of hydrogen-bond acceptors (Lipinski definition) is 6. The number of rotatable bonds is 6. The van der Waals surface area contributed by atoms with E-state index >= 15 is 0 Å². The number of likely N-dealkylation sites (N-methyl/N-ethyl adjacent to an activating group) is 1. The van der Waals surface area contributed by atoms with E-state index in [0.29, 0.717) is 0 Å². The number of morpholine rings is 1. The number of benzene rings is 1. The second kappa shape index (κ2) is 7.37. The third-order valence-electron chi connectivity index (χ3n) is 3.78. The molecule has 0 radical (unpaired) electrons. The SMILES string of the molecule is CN(C)CCNc1ccc2sc(CN3CCOCC3)nc2c1. The minimum Gasteiger partial charge on any atom is -0.384 e. The van der Waals surface area contributed by atoms with Gasteiger partial charge in [0.05, 0.1) is 30.0 Å². The normalized spacial score (nSPS) is 16.5. The summed E-state index contributed by atoms with van der Waals surface area (Å²) >= 11 is 1.80. The lowest BCUT2D eigenvalue weighted by Crippen LogP contribution is -2.35. The number of ether oxygens (including phenoxy) is 1. The van der Waals surface area contributed by atoms with Crippen molar-refractivity contribution in [2.24, 2.45) is 0 Å². The van der Waals surface area contributed by atoms with Crippen molar-refractivity contribution in [3.8, 4) is 0 Å². The molecule has 1 fully saturated rings. The van der Waals surface area contributed by atoms with E-state index in [1.165, 1.54) is 9.71 Å². The van der Waals surface area contributed by atoms with Crippen LogP contribution >= 0.6 is 11.3 Å². The van der Waals surface area contributed by atoms with Gasteiger partial charge in [-0.2, -0.15) is 0 Å². The minimum absolute atomic E-state index is 0.838. The highest BCUT2D eigenvalue weighted by Gasteiger charge is 2.13. The first kappa shape index (κ1) is 15.7. The van der Waals surface area contributed by atoms with E-state index in [-0.39, 0.29) is 0 Å².